The van der Waals surface area contributed by atoms with Gasteiger partial charge in [0, 0.05) is 19.7 Å². The van der Waals surface area contributed by atoms with Crippen LogP contribution in [0, 0.1) is 12.8 Å². The van der Waals surface area contributed by atoms with Crippen LogP contribution < -0.4 is 5.32 Å². The van der Waals surface area contributed by atoms with Gasteiger partial charge in [0.2, 0.25) is 0 Å². The molecule has 5 heteroatoms. The Hall–Kier alpha value is -1.26. The van der Waals surface area contributed by atoms with Crippen molar-refractivity contribution in [2.75, 3.05) is 19.0 Å². The Morgan fingerprint density at radius 2 is 2.05 bits per heavy atom. The maximum absolute atomic E-state index is 12.3. The van der Waals surface area contributed by atoms with Crippen molar-refractivity contribution >= 4 is 23.3 Å². The highest BCUT2D eigenvalue weighted by Gasteiger charge is 2.26. The summed E-state index contributed by atoms with van der Waals surface area (Å²) in [5, 5.41) is 12.6. The highest BCUT2D eigenvalue weighted by Crippen LogP contribution is 2.28. The number of nitrogens with one attached hydrogen (secondary N) is 1. The first-order valence-electron chi connectivity index (χ1n) is 7.42. The molecule has 0 saturated heterocycles. The van der Waals surface area contributed by atoms with Crippen molar-refractivity contribution in [2.45, 2.75) is 38.6 Å². The Balaban J connectivity index is 1.95. The molecule has 0 radical (unpaired) electrons. The van der Waals surface area contributed by atoms with E-state index in [-0.39, 0.29) is 18.7 Å². The minimum atomic E-state index is -0.130. The predicted octanol–water partition coefficient (Wildman–Crippen LogP) is 3.66. The third-order valence-corrected chi connectivity index (χ3v) is 4.88. The molecule has 1 aliphatic rings. The number of aliphatic hydroxyl groups is 1. The molecule has 2 amide bonds. The van der Waals surface area contributed by atoms with Crippen molar-refractivity contribution in [1.29, 1.82) is 0 Å². The third kappa shape index (κ3) is 3.89. The van der Waals surface area contributed by atoms with Crippen LogP contribution in [-0.2, 0) is 0 Å². The third-order valence-electron chi connectivity index (χ3n) is 4.38. The van der Waals surface area contributed by atoms with Gasteiger partial charge in [-0.1, -0.05) is 23.7 Å². The van der Waals surface area contributed by atoms with Crippen molar-refractivity contribution < 1.29 is 9.90 Å². The first-order valence-corrected chi connectivity index (χ1v) is 7.80. The van der Waals surface area contributed by atoms with Gasteiger partial charge >= 0.3 is 6.03 Å². The number of nitrogens with zero attached hydrogens (tertiary/aromatic N) is 1. The number of carbonyl (C=O) groups is 1. The molecule has 0 heterocycles. The van der Waals surface area contributed by atoms with E-state index < -0.39 is 0 Å². The summed E-state index contributed by atoms with van der Waals surface area (Å²) >= 11 is 6.20. The number of aryl methyl sites for hydroxylation is 1. The lowest BCUT2D eigenvalue weighted by Crippen LogP contribution is -2.42. The molecule has 116 valence electrons. The number of benzene rings is 1. The quantitative estimate of drug-likeness (QED) is 0.895. The van der Waals surface area contributed by atoms with Gasteiger partial charge in [-0.15, -0.1) is 0 Å². The zero-order valence-electron chi connectivity index (χ0n) is 12.6. The summed E-state index contributed by atoms with van der Waals surface area (Å²) in [6.45, 7) is 2.17. The van der Waals surface area contributed by atoms with E-state index in [1.807, 2.05) is 32.2 Å². The lowest BCUT2D eigenvalue weighted by Gasteiger charge is -2.34. The molecule has 0 unspecified atom stereocenters. The second-order valence-electron chi connectivity index (χ2n) is 5.83. The van der Waals surface area contributed by atoms with Gasteiger partial charge in [-0.2, -0.15) is 0 Å². The van der Waals surface area contributed by atoms with Crippen molar-refractivity contribution in [2.24, 2.45) is 5.92 Å². The molecule has 21 heavy (non-hydrogen) atoms. The molecule has 0 aliphatic heterocycles. The number of carbonyl (C=O) groups excluding carboxylic acids is 1. The molecule has 1 aromatic rings. The molecule has 0 atom stereocenters. The van der Waals surface area contributed by atoms with E-state index in [9.17, 15) is 4.79 Å². The van der Waals surface area contributed by atoms with Crippen LogP contribution in [-0.4, -0.2) is 35.7 Å². The van der Waals surface area contributed by atoms with E-state index in [4.69, 9.17) is 16.7 Å². The predicted molar refractivity (Wildman–Crippen MR) is 85.8 cm³/mol. The average Bonchev–Trinajstić information content (AvgIpc) is 2.51. The van der Waals surface area contributed by atoms with E-state index in [0.717, 1.165) is 31.2 Å². The first kappa shape index (κ1) is 16.1. The van der Waals surface area contributed by atoms with E-state index in [0.29, 0.717) is 16.6 Å². The molecule has 4 nitrogen and oxygen atoms in total. The van der Waals surface area contributed by atoms with Crippen molar-refractivity contribution in [3.8, 4) is 0 Å². The standard InChI is InChI=1S/C16H23ClN2O2/c1-11-4-3-5-14(15(11)17)18-16(21)19(2)13-8-6-12(10-20)7-9-13/h3-5,12-13,20H,6-10H2,1-2H3,(H,18,21). The minimum absolute atomic E-state index is 0.130. The van der Waals surface area contributed by atoms with Crippen molar-refractivity contribution in [3.05, 3.63) is 28.8 Å². The van der Waals surface area contributed by atoms with Crippen LogP contribution in [0.4, 0.5) is 10.5 Å². The lowest BCUT2D eigenvalue weighted by molar-refractivity contribution is 0.139. The molecule has 1 saturated carbocycles. The van der Waals surface area contributed by atoms with Crippen LogP contribution >= 0.6 is 11.6 Å². The molecule has 0 aromatic heterocycles. The fourth-order valence-corrected chi connectivity index (χ4v) is 3.00. The fourth-order valence-electron chi connectivity index (χ4n) is 2.83. The maximum Gasteiger partial charge on any atom is 0.321 e. The molecular weight excluding hydrogens is 288 g/mol. The largest absolute Gasteiger partial charge is 0.396 e. The Kier molecular flexibility index (Phi) is 5.48. The average molecular weight is 311 g/mol. The molecule has 1 aromatic carbocycles. The van der Waals surface area contributed by atoms with Gasteiger partial charge in [0.15, 0.2) is 0 Å². The molecule has 0 bridgehead atoms. The van der Waals surface area contributed by atoms with Crippen LogP contribution in [0.3, 0.4) is 0 Å². The Morgan fingerprint density at radius 3 is 2.67 bits per heavy atom. The topological polar surface area (TPSA) is 52.6 Å². The number of hydrogen-bond acceptors (Lipinski definition) is 2. The van der Waals surface area contributed by atoms with Crippen LogP contribution in [0.2, 0.25) is 5.02 Å². The van der Waals surface area contributed by atoms with Gasteiger partial charge in [0.25, 0.3) is 0 Å². The van der Waals surface area contributed by atoms with Gasteiger partial charge in [-0.25, -0.2) is 4.79 Å². The number of hydrogen-bond donors (Lipinski definition) is 2. The fraction of sp³-hybridized carbons (Fsp3) is 0.562. The molecular formula is C16H23ClN2O2. The van der Waals surface area contributed by atoms with E-state index in [1.54, 1.807) is 4.90 Å². The van der Waals surface area contributed by atoms with E-state index >= 15 is 0 Å². The van der Waals surface area contributed by atoms with Crippen LogP contribution in [0.25, 0.3) is 0 Å². The van der Waals surface area contributed by atoms with Gasteiger partial charge in [0.05, 0.1) is 10.7 Å². The molecule has 0 spiro atoms. The first-order chi connectivity index (χ1) is 10.0. The molecule has 2 N–H and O–H groups in total. The van der Waals surface area contributed by atoms with Crippen LogP contribution in [0.1, 0.15) is 31.2 Å². The normalized spacial score (nSPS) is 21.9. The molecule has 1 aliphatic carbocycles. The second-order valence-corrected chi connectivity index (χ2v) is 6.21. The Bertz CT molecular complexity index is 499. The van der Waals surface area contributed by atoms with Crippen molar-refractivity contribution in [3.63, 3.8) is 0 Å². The summed E-state index contributed by atoms with van der Waals surface area (Å²) in [5.74, 6) is 0.393. The van der Waals surface area contributed by atoms with Gasteiger partial charge in [-0.05, 0) is 50.2 Å². The second kappa shape index (κ2) is 7.14. The Morgan fingerprint density at radius 1 is 1.38 bits per heavy atom. The van der Waals surface area contributed by atoms with E-state index in [2.05, 4.69) is 5.32 Å². The van der Waals surface area contributed by atoms with Gasteiger partial charge < -0.3 is 15.3 Å². The summed E-state index contributed by atoms with van der Waals surface area (Å²) in [5.41, 5.74) is 1.60. The highest BCUT2D eigenvalue weighted by atomic mass is 35.5. The van der Waals surface area contributed by atoms with E-state index in [1.165, 1.54) is 0 Å². The number of aliphatic hydroxyl groups excluding tert-OH is 1. The Labute approximate surface area is 131 Å². The summed E-state index contributed by atoms with van der Waals surface area (Å²) in [4.78, 5) is 14.1. The summed E-state index contributed by atoms with van der Waals surface area (Å²) < 4.78 is 0. The number of halogens is 1. The van der Waals surface area contributed by atoms with Crippen LogP contribution in [0.15, 0.2) is 18.2 Å². The highest BCUT2D eigenvalue weighted by molar-refractivity contribution is 6.34. The number of anilines is 1. The molecule has 2 rings (SSSR count). The smallest absolute Gasteiger partial charge is 0.321 e. The monoisotopic (exact) mass is 310 g/mol. The molecule has 1 fully saturated rings. The summed E-state index contributed by atoms with van der Waals surface area (Å²) in [6, 6.07) is 5.71. The lowest BCUT2D eigenvalue weighted by atomic mass is 9.86. The number of urea groups is 1. The SMILES string of the molecule is Cc1cccc(NC(=O)N(C)C2CCC(CO)CC2)c1Cl. The van der Waals surface area contributed by atoms with Crippen molar-refractivity contribution in [1.82, 2.24) is 4.90 Å². The zero-order chi connectivity index (χ0) is 15.4. The minimum Gasteiger partial charge on any atom is -0.396 e. The summed E-state index contributed by atoms with van der Waals surface area (Å²) in [6.07, 6.45) is 3.83. The number of amides is 2. The summed E-state index contributed by atoms with van der Waals surface area (Å²) in [7, 11) is 1.82. The zero-order valence-corrected chi connectivity index (χ0v) is 13.4. The van der Waals surface area contributed by atoms with Gasteiger partial charge in [-0.3, -0.25) is 0 Å². The van der Waals surface area contributed by atoms with Gasteiger partial charge in [0.1, 0.15) is 0 Å². The van der Waals surface area contributed by atoms with Crippen LogP contribution in [0.5, 0.6) is 0 Å². The number of rotatable bonds is 3. The maximum atomic E-state index is 12.3.